The zero-order chi connectivity index (χ0) is 11.6. The normalized spacial score (nSPS) is 32.8. The summed E-state index contributed by atoms with van der Waals surface area (Å²) in [4.78, 5) is 2.79. The third-order valence-corrected chi connectivity index (χ3v) is 4.87. The van der Waals surface area contributed by atoms with E-state index < -0.39 is 0 Å². The molecule has 2 nitrogen and oxygen atoms in total. The highest BCUT2D eigenvalue weighted by molar-refractivity contribution is 5.01. The molecule has 2 aliphatic rings. The van der Waals surface area contributed by atoms with Crippen molar-refractivity contribution in [1.82, 2.24) is 10.2 Å². The predicted octanol–water partition coefficient (Wildman–Crippen LogP) is 2.78. The molecule has 1 saturated carbocycles. The van der Waals surface area contributed by atoms with Crippen LogP contribution in [0.25, 0.3) is 0 Å². The van der Waals surface area contributed by atoms with Gasteiger partial charge >= 0.3 is 0 Å². The number of rotatable bonds is 2. The standard InChI is InChI=1S/C14H28N2/c1-14(2)13(15-3)10-11-16(14)12-8-6-4-5-7-9-12/h12-13,15H,4-11H2,1-3H3. The van der Waals surface area contributed by atoms with Gasteiger partial charge in [-0.3, -0.25) is 4.90 Å². The molecule has 0 aromatic carbocycles. The Balaban J connectivity index is 2.03. The second-order valence-electron chi connectivity index (χ2n) is 6.12. The second-order valence-corrected chi connectivity index (χ2v) is 6.12. The van der Waals surface area contributed by atoms with Crippen LogP contribution < -0.4 is 5.32 Å². The molecule has 94 valence electrons. The van der Waals surface area contributed by atoms with Gasteiger partial charge in [-0.1, -0.05) is 25.7 Å². The third-order valence-electron chi connectivity index (χ3n) is 4.87. The van der Waals surface area contributed by atoms with Crippen LogP contribution in [0, 0.1) is 0 Å². The Morgan fingerprint density at radius 1 is 1.00 bits per heavy atom. The molecule has 0 amide bonds. The molecular formula is C14H28N2. The second kappa shape index (κ2) is 5.05. The van der Waals surface area contributed by atoms with Gasteiger partial charge in [-0.05, 0) is 40.2 Å². The van der Waals surface area contributed by atoms with Gasteiger partial charge in [0.25, 0.3) is 0 Å². The molecule has 2 rings (SSSR count). The van der Waals surface area contributed by atoms with Crippen molar-refractivity contribution in [2.45, 2.75) is 76.4 Å². The zero-order valence-corrected chi connectivity index (χ0v) is 11.3. The maximum Gasteiger partial charge on any atom is 0.0309 e. The lowest BCUT2D eigenvalue weighted by Crippen LogP contribution is -2.53. The van der Waals surface area contributed by atoms with Crippen molar-refractivity contribution < 1.29 is 0 Å². The van der Waals surface area contributed by atoms with E-state index in [0.29, 0.717) is 11.6 Å². The average Bonchev–Trinajstić information content (AvgIpc) is 2.46. The van der Waals surface area contributed by atoms with Crippen LogP contribution in [0.4, 0.5) is 0 Å². The van der Waals surface area contributed by atoms with E-state index >= 15 is 0 Å². The summed E-state index contributed by atoms with van der Waals surface area (Å²) in [5.74, 6) is 0. The molecule has 0 spiro atoms. The largest absolute Gasteiger partial charge is 0.315 e. The van der Waals surface area contributed by atoms with Gasteiger partial charge in [-0.15, -0.1) is 0 Å². The first-order valence-corrected chi connectivity index (χ1v) is 7.10. The summed E-state index contributed by atoms with van der Waals surface area (Å²) >= 11 is 0. The fourth-order valence-corrected chi connectivity index (χ4v) is 3.83. The van der Waals surface area contributed by atoms with Crippen LogP contribution in [0.1, 0.15) is 58.8 Å². The van der Waals surface area contributed by atoms with E-state index in [1.54, 1.807) is 0 Å². The number of likely N-dealkylation sites (tertiary alicyclic amines) is 1. The lowest BCUT2D eigenvalue weighted by atomic mass is 9.93. The highest BCUT2D eigenvalue weighted by Gasteiger charge is 2.43. The Morgan fingerprint density at radius 3 is 2.12 bits per heavy atom. The molecule has 1 atom stereocenters. The van der Waals surface area contributed by atoms with Gasteiger partial charge < -0.3 is 5.32 Å². The van der Waals surface area contributed by atoms with Crippen molar-refractivity contribution >= 4 is 0 Å². The topological polar surface area (TPSA) is 15.3 Å². The third kappa shape index (κ3) is 2.28. The van der Waals surface area contributed by atoms with E-state index in [4.69, 9.17) is 0 Å². The highest BCUT2D eigenvalue weighted by atomic mass is 15.3. The van der Waals surface area contributed by atoms with E-state index in [0.717, 1.165) is 6.04 Å². The quantitative estimate of drug-likeness (QED) is 0.726. The van der Waals surface area contributed by atoms with E-state index in [2.05, 4.69) is 31.1 Å². The van der Waals surface area contributed by atoms with Crippen LogP contribution in [-0.2, 0) is 0 Å². The molecule has 16 heavy (non-hydrogen) atoms. The smallest absolute Gasteiger partial charge is 0.0309 e. The van der Waals surface area contributed by atoms with Crippen molar-refractivity contribution in [3.05, 3.63) is 0 Å². The average molecular weight is 224 g/mol. The lowest BCUT2D eigenvalue weighted by Gasteiger charge is -2.41. The zero-order valence-electron chi connectivity index (χ0n) is 11.3. The molecule has 1 N–H and O–H groups in total. The molecule has 0 aromatic heterocycles. The molecule has 0 aromatic rings. The van der Waals surface area contributed by atoms with Gasteiger partial charge in [-0.25, -0.2) is 0 Å². The summed E-state index contributed by atoms with van der Waals surface area (Å²) in [6.07, 6.45) is 9.99. The van der Waals surface area contributed by atoms with E-state index in [1.165, 1.54) is 51.5 Å². The van der Waals surface area contributed by atoms with Gasteiger partial charge in [0.1, 0.15) is 0 Å². The summed E-state index contributed by atoms with van der Waals surface area (Å²) in [7, 11) is 2.11. The Hall–Kier alpha value is -0.0800. The first-order valence-electron chi connectivity index (χ1n) is 7.10. The van der Waals surface area contributed by atoms with Crippen molar-refractivity contribution in [3.8, 4) is 0 Å². The first-order chi connectivity index (χ1) is 7.66. The maximum absolute atomic E-state index is 3.50. The predicted molar refractivity (Wildman–Crippen MR) is 69.7 cm³/mol. The molecule has 1 heterocycles. The van der Waals surface area contributed by atoms with Crippen LogP contribution in [0.5, 0.6) is 0 Å². The van der Waals surface area contributed by atoms with Crippen molar-refractivity contribution in [2.24, 2.45) is 0 Å². The van der Waals surface area contributed by atoms with E-state index in [1.807, 2.05) is 0 Å². The molecule has 1 saturated heterocycles. The van der Waals surface area contributed by atoms with Crippen LogP contribution in [-0.4, -0.2) is 36.1 Å². The molecule has 1 aliphatic heterocycles. The highest BCUT2D eigenvalue weighted by Crippen LogP contribution is 2.35. The summed E-state index contributed by atoms with van der Waals surface area (Å²) in [6.45, 7) is 6.14. The van der Waals surface area contributed by atoms with Gasteiger partial charge in [0.05, 0.1) is 0 Å². The van der Waals surface area contributed by atoms with Crippen LogP contribution in [0.2, 0.25) is 0 Å². The molecule has 2 fully saturated rings. The number of nitrogens with zero attached hydrogens (tertiary/aromatic N) is 1. The van der Waals surface area contributed by atoms with Crippen molar-refractivity contribution in [2.75, 3.05) is 13.6 Å². The van der Waals surface area contributed by atoms with Crippen molar-refractivity contribution in [3.63, 3.8) is 0 Å². The Bertz CT molecular complexity index is 217. The number of hydrogen-bond donors (Lipinski definition) is 1. The Kier molecular flexibility index (Phi) is 3.91. The van der Waals surface area contributed by atoms with Gasteiger partial charge in [0.15, 0.2) is 0 Å². The number of likely N-dealkylation sites (N-methyl/N-ethyl adjacent to an activating group) is 1. The summed E-state index contributed by atoms with van der Waals surface area (Å²) in [5, 5.41) is 3.50. The monoisotopic (exact) mass is 224 g/mol. The minimum atomic E-state index is 0.351. The van der Waals surface area contributed by atoms with Crippen LogP contribution in [0.3, 0.4) is 0 Å². The number of nitrogens with one attached hydrogen (secondary N) is 1. The SMILES string of the molecule is CNC1CCN(C2CCCCCC2)C1(C)C. The molecule has 2 heteroatoms. The molecule has 0 bridgehead atoms. The molecule has 1 aliphatic carbocycles. The summed E-state index contributed by atoms with van der Waals surface area (Å²) in [6, 6.07) is 1.53. The van der Waals surface area contributed by atoms with Gasteiger partial charge in [0.2, 0.25) is 0 Å². The van der Waals surface area contributed by atoms with Crippen molar-refractivity contribution in [1.29, 1.82) is 0 Å². The minimum absolute atomic E-state index is 0.351. The van der Waals surface area contributed by atoms with Gasteiger partial charge in [0, 0.05) is 24.2 Å². The fraction of sp³-hybridized carbons (Fsp3) is 1.00. The fourth-order valence-electron chi connectivity index (χ4n) is 3.83. The molecular weight excluding hydrogens is 196 g/mol. The minimum Gasteiger partial charge on any atom is -0.315 e. The van der Waals surface area contributed by atoms with Crippen LogP contribution >= 0.6 is 0 Å². The number of hydrogen-bond acceptors (Lipinski definition) is 2. The summed E-state index contributed by atoms with van der Waals surface area (Å²) < 4.78 is 0. The van der Waals surface area contributed by atoms with Gasteiger partial charge in [-0.2, -0.15) is 0 Å². The summed E-state index contributed by atoms with van der Waals surface area (Å²) in [5.41, 5.74) is 0.351. The molecule has 0 radical (unpaired) electrons. The van der Waals surface area contributed by atoms with Crippen LogP contribution in [0.15, 0.2) is 0 Å². The van der Waals surface area contributed by atoms with E-state index in [9.17, 15) is 0 Å². The van der Waals surface area contributed by atoms with E-state index in [-0.39, 0.29) is 0 Å². The Labute approximate surface area is 101 Å². The molecule has 1 unspecified atom stereocenters. The lowest BCUT2D eigenvalue weighted by molar-refractivity contribution is 0.0907. The Morgan fingerprint density at radius 2 is 1.62 bits per heavy atom. The first kappa shape index (κ1) is 12.4. The maximum atomic E-state index is 3.50.